The lowest BCUT2D eigenvalue weighted by Crippen LogP contribution is -2.47. The summed E-state index contributed by atoms with van der Waals surface area (Å²) in [4.78, 5) is 23.5. The fourth-order valence-electron chi connectivity index (χ4n) is 2.61. The number of rotatable bonds is 3. The van der Waals surface area contributed by atoms with Gasteiger partial charge in [-0.25, -0.2) is 4.39 Å². The molecule has 1 aliphatic rings. The van der Waals surface area contributed by atoms with E-state index in [0.29, 0.717) is 12.8 Å². The molecule has 0 aromatic heterocycles. The minimum absolute atomic E-state index is 0.0321. The standard InChI is InChI=1S/C14H17FN2O3/c1-14(13(19)20)6-2-3-11(14)17-12(18)9-7-8(15)4-5-10(9)16/h4-5,7,11H,2-3,6,16H2,1H3,(H,17,18)(H,19,20). The van der Waals surface area contributed by atoms with Crippen LogP contribution in [0.25, 0.3) is 0 Å². The summed E-state index contributed by atoms with van der Waals surface area (Å²) in [6, 6.07) is 3.06. The number of carboxylic acids is 1. The highest BCUT2D eigenvalue weighted by Crippen LogP contribution is 2.38. The van der Waals surface area contributed by atoms with Gasteiger partial charge in [0.15, 0.2) is 0 Å². The molecule has 1 saturated carbocycles. The van der Waals surface area contributed by atoms with Crippen LogP contribution in [-0.2, 0) is 4.79 Å². The molecule has 0 heterocycles. The van der Waals surface area contributed by atoms with Gasteiger partial charge in [0.25, 0.3) is 5.91 Å². The number of aliphatic carboxylic acids is 1. The second-order valence-corrected chi connectivity index (χ2v) is 5.37. The van der Waals surface area contributed by atoms with Gasteiger partial charge in [0, 0.05) is 11.7 Å². The number of carboxylic acid groups (broad SMARTS) is 1. The molecule has 2 unspecified atom stereocenters. The van der Waals surface area contributed by atoms with Crippen LogP contribution in [0, 0.1) is 11.2 Å². The Morgan fingerprint density at radius 3 is 2.85 bits per heavy atom. The zero-order valence-electron chi connectivity index (χ0n) is 11.1. The third-order valence-corrected chi connectivity index (χ3v) is 4.01. The molecule has 1 fully saturated rings. The predicted molar refractivity (Wildman–Crippen MR) is 71.7 cm³/mol. The highest BCUT2D eigenvalue weighted by molar-refractivity contribution is 5.99. The van der Waals surface area contributed by atoms with Crippen molar-refractivity contribution in [2.75, 3.05) is 5.73 Å². The van der Waals surface area contributed by atoms with E-state index < -0.39 is 29.2 Å². The molecule has 2 atom stereocenters. The minimum atomic E-state index is -0.988. The first-order valence-corrected chi connectivity index (χ1v) is 6.44. The Bertz CT molecular complexity index is 561. The number of anilines is 1. The maximum absolute atomic E-state index is 13.2. The first kappa shape index (κ1) is 14.3. The lowest BCUT2D eigenvalue weighted by atomic mass is 9.85. The molecule has 1 aromatic rings. The van der Waals surface area contributed by atoms with Gasteiger partial charge in [-0.2, -0.15) is 0 Å². The molecule has 5 nitrogen and oxygen atoms in total. The van der Waals surface area contributed by atoms with Gasteiger partial charge in [-0.1, -0.05) is 6.42 Å². The van der Waals surface area contributed by atoms with Gasteiger partial charge in [-0.05, 0) is 38.0 Å². The topological polar surface area (TPSA) is 92.4 Å². The molecule has 1 amide bonds. The molecule has 1 aliphatic carbocycles. The van der Waals surface area contributed by atoms with Crippen LogP contribution < -0.4 is 11.1 Å². The van der Waals surface area contributed by atoms with Crippen LogP contribution in [0.1, 0.15) is 36.5 Å². The Balaban J connectivity index is 2.19. The van der Waals surface area contributed by atoms with Gasteiger partial charge in [-0.15, -0.1) is 0 Å². The first-order valence-electron chi connectivity index (χ1n) is 6.44. The number of benzene rings is 1. The summed E-state index contributed by atoms with van der Waals surface area (Å²) in [6.45, 7) is 1.61. The van der Waals surface area contributed by atoms with Crippen LogP contribution in [0.4, 0.5) is 10.1 Å². The van der Waals surface area contributed by atoms with Gasteiger partial charge in [-0.3, -0.25) is 9.59 Å². The smallest absolute Gasteiger partial charge is 0.311 e. The average molecular weight is 280 g/mol. The van der Waals surface area contributed by atoms with E-state index in [2.05, 4.69) is 5.32 Å². The molecule has 20 heavy (non-hydrogen) atoms. The molecular weight excluding hydrogens is 263 g/mol. The third-order valence-electron chi connectivity index (χ3n) is 4.01. The molecule has 6 heteroatoms. The molecule has 4 N–H and O–H groups in total. The highest BCUT2D eigenvalue weighted by atomic mass is 19.1. The Kier molecular flexibility index (Phi) is 3.65. The number of nitrogen functional groups attached to an aromatic ring is 1. The van der Waals surface area contributed by atoms with Crippen molar-refractivity contribution < 1.29 is 19.1 Å². The lowest BCUT2D eigenvalue weighted by molar-refractivity contribution is -0.148. The monoisotopic (exact) mass is 280 g/mol. The summed E-state index contributed by atoms with van der Waals surface area (Å²) >= 11 is 0. The fraction of sp³-hybridized carbons (Fsp3) is 0.429. The Labute approximate surface area is 116 Å². The molecule has 2 rings (SSSR count). The third kappa shape index (κ3) is 2.45. The summed E-state index contributed by atoms with van der Waals surface area (Å²) in [5, 5.41) is 12.0. The molecule has 0 radical (unpaired) electrons. The maximum Gasteiger partial charge on any atom is 0.311 e. The van der Waals surface area contributed by atoms with Crippen molar-refractivity contribution in [3.63, 3.8) is 0 Å². The minimum Gasteiger partial charge on any atom is -0.481 e. The van der Waals surface area contributed by atoms with Crippen molar-refractivity contribution in [3.8, 4) is 0 Å². The van der Waals surface area contributed by atoms with Gasteiger partial charge >= 0.3 is 5.97 Å². The van der Waals surface area contributed by atoms with Gasteiger partial charge in [0.1, 0.15) is 5.82 Å². The van der Waals surface area contributed by atoms with E-state index in [1.807, 2.05) is 0 Å². The summed E-state index contributed by atoms with van der Waals surface area (Å²) in [5.41, 5.74) is 4.86. The SMILES string of the molecule is CC1(C(=O)O)CCCC1NC(=O)c1cc(F)ccc1N. The van der Waals surface area contributed by atoms with Crippen molar-refractivity contribution in [2.24, 2.45) is 5.41 Å². The number of nitrogens with two attached hydrogens (primary N) is 1. The lowest BCUT2D eigenvalue weighted by Gasteiger charge is -2.27. The molecule has 0 aliphatic heterocycles. The van der Waals surface area contributed by atoms with E-state index in [4.69, 9.17) is 5.73 Å². The first-order chi connectivity index (χ1) is 9.34. The second kappa shape index (κ2) is 5.11. The van der Waals surface area contributed by atoms with Crippen molar-refractivity contribution in [1.29, 1.82) is 0 Å². The quantitative estimate of drug-likeness (QED) is 0.736. The van der Waals surface area contributed by atoms with Crippen LogP contribution in [0.3, 0.4) is 0 Å². The van der Waals surface area contributed by atoms with Crippen LogP contribution >= 0.6 is 0 Å². The summed E-state index contributed by atoms with van der Waals surface area (Å²) in [6.07, 6.45) is 1.82. The normalized spacial score (nSPS) is 25.4. The Hall–Kier alpha value is -2.11. The molecule has 0 saturated heterocycles. The van der Waals surface area contributed by atoms with Crippen LogP contribution in [0.15, 0.2) is 18.2 Å². The van der Waals surface area contributed by atoms with Crippen molar-refractivity contribution >= 4 is 17.6 Å². The van der Waals surface area contributed by atoms with Gasteiger partial charge in [0.2, 0.25) is 0 Å². The number of hydrogen-bond donors (Lipinski definition) is 3. The van der Waals surface area contributed by atoms with Crippen molar-refractivity contribution in [2.45, 2.75) is 32.2 Å². The van der Waals surface area contributed by atoms with Gasteiger partial charge in [0.05, 0.1) is 11.0 Å². The van der Waals surface area contributed by atoms with Crippen molar-refractivity contribution in [1.82, 2.24) is 5.32 Å². The van der Waals surface area contributed by atoms with Crippen LogP contribution in [0.5, 0.6) is 0 Å². The summed E-state index contributed by atoms with van der Waals surface area (Å²) < 4.78 is 13.2. The van der Waals surface area contributed by atoms with E-state index >= 15 is 0 Å². The largest absolute Gasteiger partial charge is 0.481 e. The zero-order valence-corrected chi connectivity index (χ0v) is 11.1. The number of carbonyl (C=O) groups excluding carboxylic acids is 1. The molecule has 0 spiro atoms. The zero-order chi connectivity index (χ0) is 14.9. The predicted octanol–water partition coefficient (Wildman–Crippen LogP) is 1.78. The van der Waals surface area contributed by atoms with E-state index in [0.717, 1.165) is 12.5 Å². The summed E-state index contributed by atoms with van der Waals surface area (Å²) in [5.74, 6) is -2.04. The number of halogens is 1. The summed E-state index contributed by atoms with van der Waals surface area (Å²) in [7, 11) is 0. The molecule has 108 valence electrons. The highest BCUT2D eigenvalue weighted by Gasteiger charge is 2.46. The maximum atomic E-state index is 13.2. The van der Waals surface area contributed by atoms with E-state index in [1.54, 1.807) is 6.92 Å². The molecular formula is C14H17FN2O3. The molecule has 1 aromatic carbocycles. The van der Waals surface area contributed by atoms with Gasteiger partial charge < -0.3 is 16.2 Å². The van der Waals surface area contributed by atoms with Crippen molar-refractivity contribution in [3.05, 3.63) is 29.6 Å². The Morgan fingerprint density at radius 2 is 2.20 bits per heavy atom. The van der Waals surface area contributed by atoms with E-state index in [9.17, 15) is 19.1 Å². The molecule has 0 bridgehead atoms. The number of carbonyl (C=O) groups is 2. The fourth-order valence-corrected chi connectivity index (χ4v) is 2.61. The van der Waals surface area contributed by atoms with Crippen LogP contribution in [0.2, 0.25) is 0 Å². The van der Waals surface area contributed by atoms with E-state index in [1.165, 1.54) is 12.1 Å². The second-order valence-electron chi connectivity index (χ2n) is 5.37. The van der Waals surface area contributed by atoms with Crippen LogP contribution in [-0.4, -0.2) is 23.0 Å². The number of hydrogen-bond acceptors (Lipinski definition) is 3. The number of amides is 1. The van der Waals surface area contributed by atoms with E-state index in [-0.39, 0.29) is 11.3 Å². The number of nitrogens with one attached hydrogen (secondary N) is 1. The Morgan fingerprint density at radius 1 is 1.50 bits per heavy atom. The average Bonchev–Trinajstić information content (AvgIpc) is 2.75.